The highest BCUT2D eigenvalue weighted by molar-refractivity contribution is 7.09. The number of amides is 1. The van der Waals surface area contributed by atoms with Gasteiger partial charge in [-0.05, 0) is 49.2 Å². The second kappa shape index (κ2) is 9.72. The van der Waals surface area contributed by atoms with E-state index in [4.69, 9.17) is 4.74 Å². The molecule has 0 saturated heterocycles. The molecule has 0 radical (unpaired) electrons. The Morgan fingerprint density at radius 3 is 2.94 bits per heavy atom. The minimum atomic E-state index is -0.245. The van der Waals surface area contributed by atoms with Crippen molar-refractivity contribution in [3.05, 3.63) is 82.4 Å². The first-order valence-corrected chi connectivity index (χ1v) is 11.0. The van der Waals surface area contributed by atoms with Crippen LogP contribution in [0.25, 0.3) is 5.65 Å². The number of fused-ring (bicyclic) bond motifs is 1. The van der Waals surface area contributed by atoms with E-state index in [-0.39, 0.29) is 12.0 Å². The SMILES string of the molecule is CC(CNC(=O)c1cc2ncccn2n1)Oc1cccc(CN(C)Cc2cccs2)c1. The Balaban J connectivity index is 1.28. The molecule has 1 amide bonds. The number of nitrogens with zero attached hydrogens (tertiary/aromatic N) is 4. The third kappa shape index (κ3) is 5.68. The summed E-state index contributed by atoms with van der Waals surface area (Å²) in [7, 11) is 2.11. The molecule has 0 aliphatic heterocycles. The Kier molecular flexibility index (Phi) is 6.59. The van der Waals surface area contributed by atoms with Crippen LogP contribution in [-0.4, -0.2) is 45.1 Å². The molecule has 0 aliphatic rings. The molecule has 1 N–H and O–H groups in total. The number of aromatic nitrogens is 3. The maximum Gasteiger partial charge on any atom is 0.272 e. The predicted molar refractivity (Wildman–Crippen MR) is 121 cm³/mol. The van der Waals surface area contributed by atoms with Gasteiger partial charge in [-0.2, -0.15) is 5.10 Å². The molecule has 4 rings (SSSR count). The highest BCUT2D eigenvalue weighted by Gasteiger charge is 2.13. The molecule has 1 aromatic carbocycles. The van der Waals surface area contributed by atoms with Crippen LogP contribution in [0.2, 0.25) is 0 Å². The quantitative estimate of drug-likeness (QED) is 0.435. The van der Waals surface area contributed by atoms with Gasteiger partial charge < -0.3 is 10.1 Å². The van der Waals surface area contributed by atoms with Crippen molar-refractivity contribution in [3.8, 4) is 5.75 Å². The topological polar surface area (TPSA) is 71.8 Å². The summed E-state index contributed by atoms with van der Waals surface area (Å²) in [5.74, 6) is 0.547. The molecule has 3 heterocycles. The average Bonchev–Trinajstić information content (AvgIpc) is 3.41. The van der Waals surface area contributed by atoms with Crippen LogP contribution in [0.4, 0.5) is 0 Å². The number of hydrogen-bond donors (Lipinski definition) is 1. The summed E-state index contributed by atoms with van der Waals surface area (Å²) >= 11 is 1.77. The van der Waals surface area contributed by atoms with E-state index in [1.807, 2.05) is 19.1 Å². The average molecular weight is 436 g/mol. The molecular formula is C23H25N5O2S. The molecule has 0 aliphatic carbocycles. The van der Waals surface area contributed by atoms with E-state index in [0.717, 1.165) is 18.8 Å². The van der Waals surface area contributed by atoms with Gasteiger partial charge >= 0.3 is 0 Å². The Bertz CT molecular complexity index is 1110. The fraction of sp³-hybridized carbons (Fsp3) is 0.261. The van der Waals surface area contributed by atoms with Crippen LogP contribution < -0.4 is 10.1 Å². The number of nitrogens with one attached hydrogen (secondary N) is 1. The molecule has 3 aromatic heterocycles. The van der Waals surface area contributed by atoms with Gasteiger partial charge in [-0.1, -0.05) is 18.2 Å². The van der Waals surface area contributed by atoms with Gasteiger partial charge in [0.25, 0.3) is 5.91 Å². The number of rotatable bonds is 9. The van der Waals surface area contributed by atoms with Gasteiger partial charge in [-0.25, -0.2) is 9.50 Å². The highest BCUT2D eigenvalue weighted by Crippen LogP contribution is 2.18. The molecule has 0 bridgehead atoms. The van der Waals surface area contributed by atoms with E-state index in [0.29, 0.717) is 17.9 Å². The Morgan fingerprint density at radius 1 is 1.23 bits per heavy atom. The lowest BCUT2D eigenvalue weighted by Crippen LogP contribution is -2.33. The zero-order valence-corrected chi connectivity index (χ0v) is 18.4. The van der Waals surface area contributed by atoms with Crippen molar-refractivity contribution in [2.45, 2.75) is 26.1 Å². The van der Waals surface area contributed by atoms with Crippen LogP contribution >= 0.6 is 11.3 Å². The molecule has 0 saturated carbocycles. The van der Waals surface area contributed by atoms with Crippen molar-refractivity contribution in [1.82, 2.24) is 24.8 Å². The van der Waals surface area contributed by atoms with Gasteiger partial charge in [-0.15, -0.1) is 11.3 Å². The lowest BCUT2D eigenvalue weighted by atomic mass is 10.2. The van der Waals surface area contributed by atoms with Gasteiger partial charge in [0.05, 0.1) is 6.54 Å². The number of ether oxygens (including phenoxy) is 1. The highest BCUT2D eigenvalue weighted by atomic mass is 32.1. The first-order chi connectivity index (χ1) is 15.1. The van der Waals surface area contributed by atoms with Crippen molar-refractivity contribution in [3.63, 3.8) is 0 Å². The summed E-state index contributed by atoms with van der Waals surface area (Å²) in [5, 5.41) is 9.22. The van der Waals surface area contributed by atoms with Crippen LogP contribution in [-0.2, 0) is 13.1 Å². The monoisotopic (exact) mass is 435 g/mol. The van der Waals surface area contributed by atoms with Crippen molar-refractivity contribution < 1.29 is 9.53 Å². The van der Waals surface area contributed by atoms with Crippen LogP contribution in [0.1, 0.15) is 27.9 Å². The molecule has 1 atom stereocenters. The van der Waals surface area contributed by atoms with E-state index in [1.54, 1.807) is 40.4 Å². The molecule has 31 heavy (non-hydrogen) atoms. The van der Waals surface area contributed by atoms with E-state index in [2.05, 4.69) is 57.0 Å². The Hall–Kier alpha value is -3.23. The number of carbonyl (C=O) groups is 1. The summed E-state index contributed by atoms with van der Waals surface area (Å²) in [4.78, 5) is 20.2. The fourth-order valence-electron chi connectivity index (χ4n) is 3.30. The normalized spacial score (nSPS) is 12.2. The number of thiophene rings is 1. The molecule has 1 unspecified atom stereocenters. The van der Waals surface area contributed by atoms with Gasteiger partial charge in [0, 0.05) is 36.4 Å². The fourth-order valence-corrected chi connectivity index (χ4v) is 4.08. The number of carbonyl (C=O) groups excluding carboxylic acids is 1. The lowest BCUT2D eigenvalue weighted by Gasteiger charge is -2.18. The Morgan fingerprint density at radius 2 is 2.13 bits per heavy atom. The minimum absolute atomic E-state index is 0.182. The van der Waals surface area contributed by atoms with Crippen molar-refractivity contribution in [1.29, 1.82) is 0 Å². The second-order valence-corrected chi connectivity index (χ2v) is 8.52. The number of benzene rings is 1. The van der Waals surface area contributed by atoms with Crippen LogP contribution in [0.3, 0.4) is 0 Å². The smallest absolute Gasteiger partial charge is 0.272 e. The summed E-state index contributed by atoms with van der Waals surface area (Å²) in [5.41, 5.74) is 2.16. The van der Waals surface area contributed by atoms with Crippen molar-refractivity contribution in [2.75, 3.05) is 13.6 Å². The molecule has 7 nitrogen and oxygen atoms in total. The third-order valence-electron chi connectivity index (χ3n) is 4.71. The van der Waals surface area contributed by atoms with Crippen LogP contribution in [0, 0.1) is 0 Å². The van der Waals surface area contributed by atoms with Gasteiger partial charge in [0.1, 0.15) is 11.9 Å². The molecule has 8 heteroatoms. The van der Waals surface area contributed by atoms with Crippen molar-refractivity contribution >= 4 is 22.9 Å². The zero-order chi connectivity index (χ0) is 21.6. The van der Waals surface area contributed by atoms with E-state index < -0.39 is 0 Å². The summed E-state index contributed by atoms with van der Waals surface area (Å²) < 4.78 is 7.60. The first kappa shape index (κ1) is 21.0. The van der Waals surface area contributed by atoms with Gasteiger partial charge in [-0.3, -0.25) is 9.69 Å². The number of hydrogen-bond acceptors (Lipinski definition) is 6. The third-order valence-corrected chi connectivity index (χ3v) is 5.57. The lowest BCUT2D eigenvalue weighted by molar-refractivity contribution is 0.0927. The minimum Gasteiger partial charge on any atom is -0.489 e. The van der Waals surface area contributed by atoms with Gasteiger partial charge in [0.15, 0.2) is 11.3 Å². The molecule has 0 spiro atoms. The standard InChI is InChI=1S/C23H25N5O2S/c1-17(14-25-23(29)21-13-22-24-9-5-10-28(22)26-21)30-19-7-3-6-18(12-19)15-27(2)16-20-8-4-11-31-20/h3-13,17H,14-16H2,1-2H3,(H,25,29). The van der Waals surface area contributed by atoms with Crippen LogP contribution in [0.15, 0.2) is 66.3 Å². The zero-order valence-electron chi connectivity index (χ0n) is 17.6. The van der Waals surface area contributed by atoms with E-state index in [1.165, 1.54) is 10.4 Å². The summed E-state index contributed by atoms with van der Waals surface area (Å²) in [6.45, 7) is 4.07. The first-order valence-electron chi connectivity index (χ1n) is 10.1. The van der Waals surface area contributed by atoms with E-state index >= 15 is 0 Å². The molecule has 0 fully saturated rings. The Labute approximate surface area is 185 Å². The summed E-state index contributed by atoms with van der Waals surface area (Å²) in [6, 6.07) is 15.8. The molecule has 4 aromatic rings. The predicted octanol–water partition coefficient (Wildman–Crippen LogP) is 3.62. The van der Waals surface area contributed by atoms with Crippen molar-refractivity contribution in [2.24, 2.45) is 0 Å². The second-order valence-electron chi connectivity index (χ2n) is 7.49. The molecule has 160 valence electrons. The summed E-state index contributed by atoms with van der Waals surface area (Å²) in [6.07, 6.45) is 3.25. The maximum atomic E-state index is 12.4. The van der Waals surface area contributed by atoms with E-state index in [9.17, 15) is 4.79 Å². The molecular weight excluding hydrogens is 410 g/mol. The van der Waals surface area contributed by atoms with Gasteiger partial charge in [0.2, 0.25) is 0 Å². The van der Waals surface area contributed by atoms with Crippen LogP contribution in [0.5, 0.6) is 5.75 Å². The largest absolute Gasteiger partial charge is 0.489 e. The maximum absolute atomic E-state index is 12.4.